The summed E-state index contributed by atoms with van der Waals surface area (Å²) in [5.41, 5.74) is 0. The van der Waals surface area contributed by atoms with E-state index in [0.717, 1.165) is 12.0 Å². The molecule has 2 heteroatoms. The second-order valence-corrected chi connectivity index (χ2v) is 5.30. The number of nitrogens with zero attached hydrogens (tertiary/aromatic N) is 1. The quantitative estimate of drug-likeness (QED) is 0.738. The summed E-state index contributed by atoms with van der Waals surface area (Å²) in [4.78, 5) is 2.72. The normalized spacial score (nSPS) is 29.8. The number of piperidine rings is 1. The molecule has 0 aromatic rings. The average Bonchev–Trinajstić information content (AvgIpc) is 2.98. The fourth-order valence-corrected chi connectivity index (χ4v) is 2.44. The van der Waals surface area contributed by atoms with E-state index in [1.807, 2.05) is 0 Å². The van der Waals surface area contributed by atoms with E-state index in [9.17, 15) is 0 Å². The Bertz CT molecular complexity index is 175. The van der Waals surface area contributed by atoms with Gasteiger partial charge in [-0.2, -0.15) is 0 Å². The lowest BCUT2D eigenvalue weighted by Crippen LogP contribution is -2.41. The summed E-state index contributed by atoms with van der Waals surface area (Å²) in [6, 6.07) is 1.61. The molecule has 0 amide bonds. The Morgan fingerprint density at radius 1 is 1.29 bits per heavy atom. The molecule has 1 saturated heterocycles. The van der Waals surface area contributed by atoms with Gasteiger partial charge in [0, 0.05) is 18.6 Å². The van der Waals surface area contributed by atoms with E-state index in [1.165, 1.54) is 45.3 Å². The van der Waals surface area contributed by atoms with Gasteiger partial charge in [-0.15, -0.1) is 0 Å². The number of nitrogens with one attached hydrogen (secondary N) is 1. The zero-order valence-electron chi connectivity index (χ0n) is 9.63. The summed E-state index contributed by atoms with van der Waals surface area (Å²) in [5, 5.41) is 3.57. The van der Waals surface area contributed by atoms with Crippen molar-refractivity contribution in [3.05, 3.63) is 0 Å². The van der Waals surface area contributed by atoms with Crippen LogP contribution in [0.4, 0.5) is 0 Å². The van der Waals surface area contributed by atoms with Gasteiger partial charge >= 0.3 is 0 Å². The van der Waals surface area contributed by atoms with E-state index < -0.39 is 0 Å². The minimum Gasteiger partial charge on any atom is -0.314 e. The van der Waals surface area contributed by atoms with Crippen LogP contribution in [0, 0.1) is 5.92 Å². The number of hydrogen-bond donors (Lipinski definition) is 1. The van der Waals surface area contributed by atoms with Crippen molar-refractivity contribution in [1.29, 1.82) is 0 Å². The predicted molar refractivity (Wildman–Crippen MR) is 60.5 cm³/mol. The Morgan fingerprint density at radius 2 is 2.07 bits per heavy atom. The van der Waals surface area contributed by atoms with E-state index in [-0.39, 0.29) is 0 Å². The third kappa shape index (κ3) is 2.96. The van der Waals surface area contributed by atoms with Crippen LogP contribution in [-0.4, -0.2) is 36.6 Å². The Labute approximate surface area is 88.1 Å². The van der Waals surface area contributed by atoms with Crippen LogP contribution in [0.1, 0.15) is 39.5 Å². The fourth-order valence-electron chi connectivity index (χ4n) is 2.44. The van der Waals surface area contributed by atoms with Gasteiger partial charge in [0.2, 0.25) is 0 Å². The summed E-state index contributed by atoms with van der Waals surface area (Å²) in [6.07, 6.45) is 5.78. The van der Waals surface area contributed by atoms with Crippen molar-refractivity contribution in [2.45, 2.75) is 51.6 Å². The summed E-state index contributed by atoms with van der Waals surface area (Å²) in [5.74, 6) is 0.909. The molecular weight excluding hydrogens is 172 g/mol. The van der Waals surface area contributed by atoms with Gasteiger partial charge in [-0.3, -0.25) is 0 Å². The Hall–Kier alpha value is -0.0800. The molecule has 1 aliphatic heterocycles. The third-order valence-corrected chi connectivity index (χ3v) is 3.43. The van der Waals surface area contributed by atoms with Crippen LogP contribution in [0.15, 0.2) is 0 Å². The van der Waals surface area contributed by atoms with Gasteiger partial charge in [-0.25, -0.2) is 0 Å². The zero-order valence-corrected chi connectivity index (χ0v) is 9.63. The van der Waals surface area contributed by atoms with Gasteiger partial charge in [0.25, 0.3) is 0 Å². The maximum Gasteiger partial charge on any atom is 0.00965 e. The second-order valence-electron chi connectivity index (χ2n) is 5.30. The third-order valence-electron chi connectivity index (χ3n) is 3.43. The summed E-state index contributed by atoms with van der Waals surface area (Å²) in [6.45, 7) is 8.41. The molecule has 2 nitrogen and oxygen atoms in total. The first-order valence-corrected chi connectivity index (χ1v) is 6.23. The number of hydrogen-bond acceptors (Lipinski definition) is 2. The first kappa shape index (κ1) is 10.4. The highest BCUT2D eigenvalue weighted by Crippen LogP contribution is 2.30. The molecule has 1 saturated carbocycles. The van der Waals surface area contributed by atoms with E-state index in [4.69, 9.17) is 0 Å². The van der Waals surface area contributed by atoms with Gasteiger partial charge in [-0.1, -0.05) is 13.8 Å². The molecule has 0 radical (unpaired) electrons. The minimum absolute atomic E-state index is 0.645. The van der Waals surface area contributed by atoms with E-state index >= 15 is 0 Å². The van der Waals surface area contributed by atoms with E-state index in [1.54, 1.807) is 0 Å². The van der Waals surface area contributed by atoms with Gasteiger partial charge in [0.15, 0.2) is 0 Å². The molecule has 1 aliphatic carbocycles. The highest BCUT2D eigenvalue weighted by Gasteiger charge is 2.32. The van der Waals surface area contributed by atoms with Crippen molar-refractivity contribution in [2.75, 3.05) is 19.6 Å². The van der Waals surface area contributed by atoms with Crippen molar-refractivity contribution < 1.29 is 0 Å². The molecule has 14 heavy (non-hydrogen) atoms. The smallest absolute Gasteiger partial charge is 0.00965 e. The molecule has 1 unspecified atom stereocenters. The van der Waals surface area contributed by atoms with Crippen LogP contribution in [0.25, 0.3) is 0 Å². The van der Waals surface area contributed by atoms with Crippen molar-refractivity contribution in [2.24, 2.45) is 5.92 Å². The van der Waals surface area contributed by atoms with Gasteiger partial charge in [-0.05, 0) is 44.7 Å². The van der Waals surface area contributed by atoms with Crippen LogP contribution >= 0.6 is 0 Å². The number of rotatable bonds is 4. The van der Waals surface area contributed by atoms with Gasteiger partial charge in [0.05, 0.1) is 0 Å². The summed E-state index contributed by atoms with van der Waals surface area (Å²) in [7, 11) is 0. The Morgan fingerprint density at radius 3 is 2.71 bits per heavy atom. The van der Waals surface area contributed by atoms with Crippen LogP contribution in [0.2, 0.25) is 0 Å². The predicted octanol–water partition coefficient (Wildman–Crippen LogP) is 1.86. The van der Waals surface area contributed by atoms with Crippen molar-refractivity contribution in [1.82, 2.24) is 10.2 Å². The molecule has 0 aromatic carbocycles. The molecule has 1 heterocycles. The topological polar surface area (TPSA) is 15.3 Å². The molecule has 0 aromatic heterocycles. The monoisotopic (exact) mass is 196 g/mol. The lowest BCUT2D eigenvalue weighted by Gasteiger charge is -2.33. The lowest BCUT2D eigenvalue weighted by atomic mass is 9.97. The largest absolute Gasteiger partial charge is 0.314 e. The lowest BCUT2D eigenvalue weighted by molar-refractivity contribution is 0.163. The molecule has 82 valence electrons. The Kier molecular flexibility index (Phi) is 3.45. The fraction of sp³-hybridized carbons (Fsp3) is 1.00. The van der Waals surface area contributed by atoms with Crippen molar-refractivity contribution in [3.63, 3.8) is 0 Å². The maximum atomic E-state index is 3.57. The number of likely N-dealkylation sites (tertiary alicyclic amines) is 1. The van der Waals surface area contributed by atoms with Crippen LogP contribution < -0.4 is 5.32 Å². The molecule has 2 fully saturated rings. The molecule has 0 bridgehead atoms. The maximum absolute atomic E-state index is 3.57. The van der Waals surface area contributed by atoms with E-state index in [0.29, 0.717) is 6.04 Å². The zero-order chi connectivity index (χ0) is 9.97. The van der Waals surface area contributed by atoms with Gasteiger partial charge in [0.1, 0.15) is 0 Å². The van der Waals surface area contributed by atoms with E-state index in [2.05, 4.69) is 24.1 Å². The highest BCUT2D eigenvalue weighted by molar-refractivity contribution is 4.88. The average molecular weight is 196 g/mol. The van der Waals surface area contributed by atoms with Gasteiger partial charge < -0.3 is 10.2 Å². The molecule has 2 rings (SSSR count). The molecule has 1 atom stereocenters. The van der Waals surface area contributed by atoms with Crippen LogP contribution in [0.3, 0.4) is 0 Å². The first-order valence-electron chi connectivity index (χ1n) is 6.23. The van der Waals surface area contributed by atoms with Crippen molar-refractivity contribution in [3.8, 4) is 0 Å². The first-order chi connectivity index (χ1) is 6.75. The summed E-state index contributed by atoms with van der Waals surface area (Å²) >= 11 is 0. The Balaban J connectivity index is 1.70. The molecular formula is C12H24N2. The van der Waals surface area contributed by atoms with Crippen LogP contribution in [-0.2, 0) is 0 Å². The van der Waals surface area contributed by atoms with Crippen molar-refractivity contribution >= 4 is 0 Å². The highest BCUT2D eigenvalue weighted by atomic mass is 15.2. The van der Waals surface area contributed by atoms with Crippen LogP contribution in [0.5, 0.6) is 0 Å². The SMILES string of the molecule is CC(C)NCC1CCCN(C2CC2)C1. The molecule has 2 aliphatic rings. The summed E-state index contributed by atoms with van der Waals surface area (Å²) < 4.78 is 0. The molecule has 1 N–H and O–H groups in total. The minimum atomic E-state index is 0.645. The standard InChI is InChI=1S/C12H24N2/c1-10(2)13-8-11-4-3-7-14(9-11)12-5-6-12/h10-13H,3-9H2,1-2H3. The second kappa shape index (κ2) is 4.63. The molecule has 0 spiro atoms.